The molecule has 2 rings (SSSR count). The molecule has 0 aliphatic carbocycles. The fourth-order valence-corrected chi connectivity index (χ4v) is 4.03. The standard InChI is InChI=1S/C13H21N3O2S/c1-3-7-14-13-10-12(6-8-15-13)19(17,18)16-9-4-5-11(16)2/h6,8,10-11H,3-5,7,9H2,1-2H3,(H,14,15). The highest BCUT2D eigenvalue weighted by Crippen LogP contribution is 2.26. The molecule has 1 saturated heterocycles. The highest BCUT2D eigenvalue weighted by atomic mass is 32.2. The molecule has 1 aliphatic heterocycles. The Morgan fingerprint density at radius 2 is 2.32 bits per heavy atom. The van der Waals surface area contributed by atoms with Crippen LogP contribution in [0, 0.1) is 0 Å². The van der Waals surface area contributed by atoms with Gasteiger partial charge in [0.15, 0.2) is 0 Å². The van der Waals surface area contributed by atoms with Gasteiger partial charge in [-0.25, -0.2) is 13.4 Å². The Morgan fingerprint density at radius 1 is 1.53 bits per heavy atom. The van der Waals surface area contributed by atoms with Gasteiger partial charge in [-0.1, -0.05) is 6.92 Å². The Labute approximate surface area is 115 Å². The van der Waals surface area contributed by atoms with Gasteiger partial charge in [-0.15, -0.1) is 0 Å². The Morgan fingerprint density at radius 3 is 2.95 bits per heavy atom. The van der Waals surface area contributed by atoms with Crippen LogP contribution in [0.1, 0.15) is 33.1 Å². The lowest BCUT2D eigenvalue weighted by Crippen LogP contribution is -2.33. The third-order valence-electron chi connectivity index (χ3n) is 3.39. The van der Waals surface area contributed by atoms with E-state index in [0.29, 0.717) is 17.3 Å². The quantitative estimate of drug-likeness (QED) is 0.898. The van der Waals surface area contributed by atoms with E-state index in [2.05, 4.69) is 17.2 Å². The van der Waals surface area contributed by atoms with Crippen LogP contribution in [0.2, 0.25) is 0 Å². The Bertz CT molecular complexity index is 530. The third kappa shape index (κ3) is 3.06. The lowest BCUT2D eigenvalue weighted by molar-refractivity contribution is 0.408. The Balaban J connectivity index is 2.25. The maximum absolute atomic E-state index is 12.5. The molecule has 1 atom stereocenters. The third-order valence-corrected chi connectivity index (χ3v) is 5.40. The summed E-state index contributed by atoms with van der Waals surface area (Å²) in [5, 5.41) is 3.11. The summed E-state index contributed by atoms with van der Waals surface area (Å²) in [4.78, 5) is 4.47. The Kier molecular flexibility index (Phi) is 4.42. The molecule has 19 heavy (non-hydrogen) atoms. The maximum atomic E-state index is 12.5. The monoisotopic (exact) mass is 283 g/mol. The average Bonchev–Trinajstić information content (AvgIpc) is 2.84. The van der Waals surface area contributed by atoms with Crippen molar-refractivity contribution in [2.45, 2.75) is 44.0 Å². The second-order valence-electron chi connectivity index (χ2n) is 4.91. The lowest BCUT2D eigenvalue weighted by atomic mass is 10.3. The van der Waals surface area contributed by atoms with Gasteiger partial charge in [0.25, 0.3) is 0 Å². The van der Waals surface area contributed by atoms with Crippen molar-refractivity contribution in [3.63, 3.8) is 0 Å². The highest BCUT2D eigenvalue weighted by Gasteiger charge is 2.32. The van der Waals surface area contributed by atoms with E-state index in [9.17, 15) is 8.42 Å². The minimum atomic E-state index is -3.38. The van der Waals surface area contributed by atoms with Gasteiger partial charge in [0, 0.05) is 31.4 Å². The molecule has 0 aromatic carbocycles. The molecule has 0 radical (unpaired) electrons. The molecule has 1 N–H and O–H groups in total. The van der Waals surface area contributed by atoms with Gasteiger partial charge in [0.1, 0.15) is 5.82 Å². The van der Waals surface area contributed by atoms with Gasteiger partial charge in [-0.3, -0.25) is 0 Å². The van der Waals surface area contributed by atoms with Crippen LogP contribution in [-0.4, -0.2) is 36.8 Å². The van der Waals surface area contributed by atoms with Gasteiger partial charge < -0.3 is 5.32 Å². The van der Waals surface area contributed by atoms with Crippen molar-refractivity contribution in [2.75, 3.05) is 18.4 Å². The topological polar surface area (TPSA) is 62.3 Å². The number of aromatic nitrogens is 1. The van der Waals surface area contributed by atoms with E-state index in [1.807, 2.05) is 6.92 Å². The summed E-state index contributed by atoms with van der Waals surface area (Å²) in [6, 6.07) is 3.28. The van der Waals surface area contributed by atoms with Crippen LogP contribution in [0.25, 0.3) is 0 Å². The van der Waals surface area contributed by atoms with Crippen molar-refractivity contribution in [3.8, 4) is 0 Å². The second kappa shape index (κ2) is 5.88. The van der Waals surface area contributed by atoms with E-state index in [4.69, 9.17) is 0 Å². The SMILES string of the molecule is CCCNc1cc(S(=O)(=O)N2CCCC2C)ccn1. The van der Waals surface area contributed by atoms with Crippen LogP contribution in [0.4, 0.5) is 5.82 Å². The predicted octanol–water partition coefficient (Wildman–Crippen LogP) is 2.08. The average molecular weight is 283 g/mol. The molecule has 0 amide bonds. The number of rotatable bonds is 5. The van der Waals surface area contributed by atoms with Crippen molar-refractivity contribution >= 4 is 15.8 Å². The molecule has 1 aromatic heterocycles. The van der Waals surface area contributed by atoms with E-state index >= 15 is 0 Å². The fraction of sp³-hybridized carbons (Fsp3) is 0.615. The summed E-state index contributed by atoms with van der Waals surface area (Å²) in [5.41, 5.74) is 0. The van der Waals surface area contributed by atoms with Crippen molar-refractivity contribution < 1.29 is 8.42 Å². The molecule has 1 unspecified atom stereocenters. The zero-order valence-electron chi connectivity index (χ0n) is 11.5. The normalized spacial score (nSPS) is 20.6. The smallest absolute Gasteiger partial charge is 0.243 e. The molecule has 106 valence electrons. The van der Waals surface area contributed by atoms with Crippen LogP contribution >= 0.6 is 0 Å². The predicted molar refractivity (Wildman–Crippen MR) is 75.6 cm³/mol. The summed E-state index contributed by atoms with van der Waals surface area (Å²) < 4.78 is 26.7. The number of hydrogen-bond donors (Lipinski definition) is 1. The van der Waals surface area contributed by atoms with Crippen molar-refractivity contribution in [3.05, 3.63) is 18.3 Å². The molecule has 5 nitrogen and oxygen atoms in total. The zero-order chi connectivity index (χ0) is 13.9. The molecule has 2 heterocycles. The number of sulfonamides is 1. The van der Waals surface area contributed by atoms with Gasteiger partial charge >= 0.3 is 0 Å². The minimum Gasteiger partial charge on any atom is -0.370 e. The number of nitrogens with one attached hydrogen (secondary N) is 1. The summed E-state index contributed by atoms with van der Waals surface area (Å²) in [7, 11) is -3.38. The van der Waals surface area contributed by atoms with Gasteiger partial charge in [0.05, 0.1) is 4.90 Å². The molecule has 1 fully saturated rings. The highest BCUT2D eigenvalue weighted by molar-refractivity contribution is 7.89. The Hall–Kier alpha value is -1.14. The number of nitrogens with zero attached hydrogens (tertiary/aromatic N) is 2. The van der Waals surface area contributed by atoms with Crippen LogP contribution in [0.15, 0.2) is 23.2 Å². The van der Waals surface area contributed by atoms with Crippen LogP contribution < -0.4 is 5.32 Å². The molecule has 1 aromatic rings. The lowest BCUT2D eigenvalue weighted by Gasteiger charge is -2.21. The molecular weight excluding hydrogens is 262 g/mol. The van der Waals surface area contributed by atoms with Crippen LogP contribution in [0.3, 0.4) is 0 Å². The van der Waals surface area contributed by atoms with Crippen molar-refractivity contribution in [1.82, 2.24) is 9.29 Å². The van der Waals surface area contributed by atoms with Crippen LogP contribution in [0.5, 0.6) is 0 Å². The minimum absolute atomic E-state index is 0.0882. The summed E-state index contributed by atoms with van der Waals surface area (Å²) in [5.74, 6) is 0.620. The first-order valence-electron chi connectivity index (χ1n) is 6.77. The van der Waals surface area contributed by atoms with Gasteiger partial charge in [-0.05, 0) is 32.3 Å². The molecule has 0 bridgehead atoms. The van der Waals surface area contributed by atoms with Gasteiger partial charge in [-0.2, -0.15) is 4.31 Å². The largest absolute Gasteiger partial charge is 0.370 e. The van der Waals surface area contributed by atoms with E-state index in [1.54, 1.807) is 22.6 Å². The zero-order valence-corrected chi connectivity index (χ0v) is 12.3. The number of anilines is 1. The fourth-order valence-electron chi connectivity index (χ4n) is 2.32. The molecular formula is C13H21N3O2S. The van der Waals surface area contributed by atoms with E-state index in [0.717, 1.165) is 25.8 Å². The van der Waals surface area contributed by atoms with Crippen molar-refractivity contribution in [2.24, 2.45) is 0 Å². The summed E-state index contributed by atoms with van der Waals surface area (Å²) in [6.07, 6.45) is 4.39. The first kappa shape index (κ1) is 14.3. The second-order valence-corrected chi connectivity index (χ2v) is 6.80. The molecule has 0 saturated carbocycles. The first-order chi connectivity index (χ1) is 9.05. The van der Waals surface area contributed by atoms with Gasteiger partial charge in [0.2, 0.25) is 10.0 Å². The number of pyridine rings is 1. The first-order valence-corrected chi connectivity index (χ1v) is 8.21. The van der Waals surface area contributed by atoms with Crippen LogP contribution in [-0.2, 0) is 10.0 Å². The van der Waals surface area contributed by atoms with E-state index in [1.165, 1.54) is 0 Å². The molecule has 1 aliphatic rings. The summed E-state index contributed by atoms with van der Waals surface area (Å²) >= 11 is 0. The number of hydrogen-bond acceptors (Lipinski definition) is 4. The summed E-state index contributed by atoms with van der Waals surface area (Å²) in [6.45, 7) is 5.42. The van der Waals surface area contributed by atoms with E-state index in [-0.39, 0.29) is 6.04 Å². The maximum Gasteiger partial charge on any atom is 0.243 e. The van der Waals surface area contributed by atoms with Crippen molar-refractivity contribution in [1.29, 1.82) is 0 Å². The molecule has 6 heteroatoms. The molecule has 0 spiro atoms. The van der Waals surface area contributed by atoms with E-state index < -0.39 is 10.0 Å².